The van der Waals surface area contributed by atoms with Gasteiger partial charge in [0.05, 0.1) is 19.1 Å². The molecule has 0 bridgehead atoms. The molecule has 1 rings (SSSR count). The van der Waals surface area contributed by atoms with Crippen molar-refractivity contribution in [1.82, 2.24) is 0 Å². The van der Waals surface area contributed by atoms with Crippen molar-refractivity contribution in [1.29, 1.82) is 0 Å². The average molecular weight is 302 g/mol. The number of methoxy groups -OCH3 is 1. The number of alkyl halides is 6. The fraction of sp³-hybridized carbons (Fsp3) is 0.364. The summed E-state index contributed by atoms with van der Waals surface area (Å²) in [6.07, 6.45) is -11.1. The minimum atomic E-state index is -5.10. The Bertz CT molecular complexity index is 518. The van der Waals surface area contributed by atoms with Crippen LogP contribution in [-0.2, 0) is 28.3 Å². The van der Waals surface area contributed by atoms with Gasteiger partial charge in [-0.25, -0.2) is 0 Å². The number of hydrogen-bond donors (Lipinski definition) is 1. The summed E-state index contributed by atoms with van der Waals surface area (Å²) < 4.78 is 79.7. The van der Waals surface area contributed by atoms with Gasteiger partial charge in [0, 0.05) is 0 Å². The second kappa shape index (κ2) is 5.22. The van der Waals surface area contributed by atoms with Crippen LogP contribution in [0.2, 0.25) is 0 Å². The van der Waals surface area contributed by atoms with Gasteiger partial charge < -0.3 is 9.84 Å². The molecular formula is C11H8F6O3. The molecule has 3 nitrogen and oxygen atoms in total. The molecule has 0 aliphatic heterocycles. The molecule has 0 aliphatic carbocycles. The molecule has 0 fully saturated rings. The van der Waals surface area contributed by atoms with Crippen LogP contribution in [0.4, 0.5) is 26.3 Å². The summed E-state index contributed by atoms with van der Waals surface area (Å²) in [6.45, 7) is 0. The van der Waals surface area contributed by atoms with E-state index in [2.05, 4.69) is 4.74 Å². The third-order valence-corrected chi connectivity index (χ3v) is 2.37. The Kier molecular flexibility index (Phi) is 4.21. The molecule has 0 unspecified atom stereocenters. The lowest BCUT2D eigenvalue weighted by atomic mass is 9.99. The minimum absolute atomic E-state index is 0.0381. The molecule has 1 aromatic rings. The normalized spacial score (nSPS) is 12.3. The molecule has 1 N–H and O–H groups in total. The highest BCUT2D eigenvalue weighted by Crippen LogP contribution is 2.42. The van der Waals surface area contributed by atoms with Gasteiger partial charge in [-0.05, 0) is 17.7 Å². The molecule has 0 atom stereocenters. The van der Waals surface area contributed by atoms with Crippen LogP contribution in [-0.4, -0.2) is 18.2 Å². The number of carbonyl (C=O) groups is 1. The number of esters is 1. The Morgan fingerprint density at radius 2 is 1.70 bits per heavy atom. The molecule has 0 heterocycles. The van der Waals surface area contributed by atoms with Crippen LogP contribution in [0.25, 0.3) is 0 Å². The van der Waals surface area contributed by atoms with Crippen molar-refractivity contribution >= 4 is 5.97 Å². The number of phenols is 1. The van der Waals surface area contributed by atoms with Crippen LogP contribution in [0.15, 0.2) is 12.1 Å². The van der Waals surface area contributed by atoms with Gasteiger partial charge in [-0.3, -0.25) is 4.79 Å². The van der Waals surface area contributed by atoms with Gasteiger partial charge in [0.1, 0.15) is 11.3 Å². The molecule has 0 spiro atoms. The molecule has 112 valence electrons. The number of carbonyl (C=O) groups excluding carboxylic acids is 1. The number of halogens is 6. The van der Waals surface area contributed by atoms with E-state index in [4.69, 9.17) is 0 Å². The van der Waals surface area contributed by atoms with E-state index in [9.17, 15) is 36.2 Å². The highest BCUT2D eigenvalue weighted by molar-refractivity contribution is 5.73. The zero-order valence-electron chi connectivity index (χ0n) is 9.89. The van der Waals surface area contributed by atoms with Gasteiger partial charge in [0.25, 0.3) is 0 Å². The first-order valence-corrected chi connectivity index (χ1v) is 5.04. The Labute approximate surface area is 108 Å². The summed E-state index contributed by atoms with van der Waals surface area (Å²) in [5.41, 5.74) is -4.17. The van der Waals surface area contributed by atoms with Crippen molar-refractivity contribution in [2.45, 2.75) is 18.8 Å². The summed E-state index contributed by atoms with van der Waals surface area (Å²) in [7, 11) is 0.878. The van der Waals surface area contributed by atoms with Gasteiger partial charge in [-0.2, -0.15) is 26.3 Å². The first kappa shape index (κ1) is 16.1. The van der Waals surface area contributed by atoms with Crippen molar-refractivity contribution in [3.05, 3.63) is 28.8 Å². The van der Waals surface area contributed by atoms with Crippen molar-refractivity contribution < 1.29 is 41.0 Å². The quantitative estimate of drug-likeness (QED) is 0.674. The number of benzene rings is 1. The number of hydrogen-bond acceptors (Lipinski definition) is 3. The summed E-state index contributed by atoms with van der Waals surface area (Å²) >= 11 is 0. The third-order valence-electron chi connectivity index (χ3n) is 2.37. The van der Waals surface area contributed by atoms with Gasteiger partial charge >= 0.3 is 18.3 Å². The maximum atomic E-state index is 12.7. The largest absolute Gasteiger partial charge is 0.507 e. The third kappa shape index (κ3) is 3.55. The topological polar surface area (TPSA) is 46.5 Å². The molecule has 0 saturated carbocycles. The van der Waals surface area contributed by atoms with E-state index in [-0.39, 0.29) is 12.1 Å². The first-order valence-electron chi connectivity index (χ1n) is 5.04. The molecule has 1 aromatic carbocycles. The second-order valence-corrected chi connectivity index (χ2v) is 3.78. The molecule has 0 amide bonds. The molecule has 0 radical (unpaired) electrons. The molecule has 20 heavy (non-hydrogen) atoms. The smallest absolute Gasteiger partial charge is 0.420 e. The van der Waals surface area contributed by atoms with Crippen LogP contribution in [0.1, 0.15) is 16.7 Å². The number of aromatic hydroxyl groups is 1. The van der Waals surface area contributed by atoms with E-state index >= 15 is 0 Å². The summed E-state index contributed by atoms with van der Waals surface area (Å²) in [6, 6.07) is 0.128. The highest BCUT2D eigenvalue weighted by atomic mass is 19.4. The van der Waals surface area contributed by atoms with E-state index in [1.807, 2.05) is 0 Å². The zero-order valence-corrected chi connectivity index (χ0v) is 9.89. The maximum absolute atomic E-state index is 12.7. The molecular weight excluding hydrogens is 294 g/mol. The summed E-state index contributed by atoms with van der Waals surface area (Å²) in [5, 5.41) is 9.18. The van der Waals surface area contributed by atoms with E-state index in [1.165, 1.54) is 0 Å². The van der Waals surface area contributed by atoms with Gasteiger partial charge in [0.2, 0.25) is 0 Å². The van der Waals surface area contributed by atoms with E-state index < -0.39 is 47.2 Å². The Morgan fingerprint density at radius 3 is 2.10 bits per heavy atom. The molecule has 0 saturated heterocycles. The van der Waals surface area contributed by atoms with Crippen molar-refractivity contribution in [3.8, 4) is 5.75 Å². The average Bonchev–Trinajstić information content (AvgIpc) is 2.24. The fourth-order valence-electron chi connectivity index (χ4n) is 1.54. The van der Waals surface area contributed by atoms with Crippen LogP contribution < -0.4 is 0 Å². The van der Waals surface area contributed by atoms with Crippen molar-refractivity contribution in [2.75, 3.05) is 7.11 Å². The minimum Gasteiger partial charge on any atom is -0.507 e. The predicted octanol–water partition coefficient (Wildman–Crippen LogP) is 3.15. The van der Waals surface area contributed by atoms with E-state index in [1.54, 1.807) is 0 Å². The van der Waals surface area contributed by atoms with Gasteiger partial charge in [0.15, 0.2) is 0 Å². The zero-order chi connectivity index (χ0) is 15.7. The second-order valence-electron chi connectivity index (χ2n) is 3.78. The number of rotatable bonds is 2. The van der Waals surface area contributed by atoms with Crippen molar-refractivity contribution in [3.63, 3.8) is 0 Å². The fourth-order valence-corrected chi connectivity index (χ4v) is 1.54. The van der Waals surface area contributed by atoms with Gasteiger partial charge in [-0.1, -0.05) is 0 Å². The Balaban J connectivity index is 3.48. The van der Waals surface area contributed by atoms with Crippen LogP contribution in [0.5, 0.6) is 5.75 Å². The predicted molar refractivity (Wildman–Crippen MR) is 53.8 cm³/mol. The Morgan fingerprint density at radius 1 is 1.15 bits per heavy atom. The molecule has 0 aliphatic rings. The van der Waals surface area contributed by atoms with Crippen LogP contribution >= 0.6 is 0 Å². The lowest BCUT2D eigenvalue weighted by molar-refractivity contribution is -0.144. The lowest BCUT2D eigenvalue weighted by Gasteiger charge is -2.17. The summed E-state index contributed by atoms with van der Waals surface area (Å²) in [4.78, 5) is 11.0. The summed E-state index contributed by atoms with van der Waals surface area (Å²) in [5.74, 6) is -2.75. The van der Waals surface area contributed by atoms with Crippen LogP contribution in [0, 0.1) is 0 Å². The highest BCUT2D eigenvalue weighted by Gasteiger charge is 2.40. The number of phenolic OH excluding ortho intramolecular Hbond substituents is 1. The first-order chi connectivity index (χ1) is 8.96. The van der Waals surface area contributed by atoms with Gasteiger partial charge in [-0.15, -0.1) is 0 Å². The van der Waals surface area contributed by atoms with E-state index in [0.29, 0.717) is 0 Å². The SMILES string of the molecule is COC(=O)Cc1cc(C(F)(F)F)cc(O)c1C(F)(F)F. The standard InChI is InChI=1S/C11H8F6O3/c1-20-8(19)3-5-2-6(10(12,13)14)4-7(18)9(5)11(15,16)17/h2,4,18H,3H2,1H3. The van der Waals surface area contributed by atoms with E-state index in [0.717, 1.165) is 7.11 Å². The Hall–Kier alpha value is -1.93. The maximum Gasteiger partial charge on any atom is 0.420 e. The number of ether oxygens (including phenoxy) is 1. The lowest BCUT2D eigenvalue weighted by Crippen LogP contribution is -2.16. The molecule has 9 heteroatoms. The van der Waals surface area contributed by atoms with Crippen LogP contribution in [0.3, 0.4) is 0 Å². The molecule has 0 aromatic heterocycles. The monoisotopic (exact) mass is 302 g/mol. The van der Waals surface area contributed by atoms with Crippen molar-refractivity contribution in [2.24, 2.45) is 0 Å².